The SMILES string of the molecule is CCOC.CCOC(=O)C(C=O)(COC(=O)Cc1cccc(NC(=O)C2=C(c3ccc(C(F)(F)F)cc3)CC=CC=C2)c1)c1ccccc1. The van der Waals surface area contributed by atoms with Gasteiger partial charge in [0.15, 0.2) is 5.41 Å². The molecule has 0 fully saturated rings. The first-order valence-corrected chi connectivity index (χ1v) is 15.5. The lowest BCUT2D eigenvalue weighted by Crippen LogP contribution is -2.44. The molecule has 0 saturated heterocycles. The number of allylic oxidation sites excluding steroid dienone is 4. The van der Waals surface area contributed by atoms with Gasteiger partial charge in [0.05, 0.1) is 18.6 Å². The third-order valence-corrected chi connectivity index (χ3v) is 7.38. The van der Waals surface area contributed by atoms with Crippen molar-refractivity contribution in [2.45, 2.75) is 38.3 Å². The van der Waals surface area contributed by atoms with Crippen LogP contribution in [-0.2, 0) is 51.4 Å². The molecule has 4 rings (SSSR count). The van der Waals surface area contributed by atoms with Gasteiger partial charge in [-0.2, -0.15) is 13.2 Å². The second-order valence-electron chi connectivity index (χ2n) is 10.7. The van der Waals surface area contributed by atoms with E-state index in [1.807, 2.05) is 6.92 Å². The van der Waals surface area contributed by atoms with Gasteiger partial charge in [-0.05, 0) is 72.9 Å². The van der Waals surface area contributed by atoms with Crippen molar-refractivity contribution < 1.29 is 46.6 Å². The van der Waals surface area contributed by atoms with Crippen LogP contribution in [0.5, 0.6) is 0 Å². The van der Waals surface area contributed by atoms with Crippen LogP contribution in [0.1, 0.15) is 42.5 Å². The maximum absolute atomic E-state index is 13.4. The zero-order valence-corrected chi connectivity index (χ0v) is 27.4. The first-order chi connectivity index (χ1) is 23.5. The summed E-state index contributed by atoms with van der Waals surface area (Å²) in [7, 11) is 1.68. The van der Waals surface area contributed by atoms with Gasteiger partial charge in [0, 0.05) is 25.0 Å². The molecule has 49 heavy (non-hydrogen) atoms. The number of ether oxygens (including phenoxy) is 3. The molecule has 1 atom stereocenters. The number of carbonyl (C=O) groups is 4. The monoisotopic (exact) mass is 677 g/mol. The van der Waals surface area contributed by atoms with Crippen LogP contribution in [0.25, 0.3) is 5.57 Å². The topological polar surface area (TPSA) is 108 Å². The van der Waals surface area contributed by atoms with Crippen LogP contribution in [0.15, 0.2) is 109 Å². The number of halogens is 3. The number of hydrogen-bond donors (Lipinski definition) is 1. The first-order valence-electron chi connectivity index (χ1n) is 15.5. The number of benzene rings is 3. The van der Waals surface area contributed by atoms with E-state index in [-0.39, 0.29) is 18.6 Å². The molecule has 3 aromatic rings. The van der Waals surface area contributed by atoms with E-state index >= 15 is 0 Å². The minimum Gasteiger partial charge on any atom is -0.465 e. The number of anilines is 1. The van der Waals surface area contributed by atoms with E-state index in [0.29, 0.717) is 40.7 Å². The lowest BCUT2D eigenvalue weighted by atomic mass is 9.82. The predicted octanol–water partition coefficient (Wildman–Crippen LogP) is 7.05. The van der Waals surface area contributed by atoms with Gasteiger partial charge in [0.2, 0.25) is 0 Å². The third-order valence-electron chi connectivity index (χ3n) is 7.38. The molecule has 0 aromatic heterocycles. The zero-order valence-electron chi connectivity index (χ0n) is 27.4. The van der Waals surface area contributed by atoms with Crippen molar-refractivity contribution in [3.63, 3.8) is 0 Å². The Morgan fingerprint density at radius 2 is 1.55 bits per heavy atom. The zero-order chi connectivity index (χ0) is 35.9. The van der Waals surface area contributed by atoms with E-state index in [1.54, 1.807) is 92.9 Å². The summed E-state index contributed by atoms with van der Waals surface area (Å²) in [5, 5.41) is 2.79. The Labute approximate surface area is 283 Å². The van der Waals surface area contributed by atoms with Gasteiger partial charge in [-0.1, -0.05) is 72.8 Å². The molecule has 3 aromatic carbocycles. The molecule has 0 spiro atoms. The van der Waals surface area contributed by atoms with Gasteiger partial charge in [-0.3, -0.25) is 14.4 Å². The Bertz CT molecular complexity index is 1680. The maximum atomic E-state index is 13.4. The Hall–Kier alpha value is -5.29. The summed E-state index contributed by atoms with van der Waals surface area (Å²) < 4.78 is 54.2. The molecule has 0 saturated carbocycles. The van der Waals surface area contributed by atoms with Crippen LogP contribution in [0.2, 0.25) is 0 Å². The highest BCUT2D eigenvalue weighted by Crippen LogP contribution is 2.32. The molecule has 258 valence electrons. The molecule has 1 amide bonds. The molecule has 0 radical (unpaired) electrons. The summed E-state index contributed by atoms with van der Waals surface area (Å²) in [6.07, 6.45) is 2.84. The molecule has 1 unspecified atom stereocenters. The summed E-state index contributed by atoms with van der Waals surface area (Å²) in [6.45, 7) is 3.85. The molecule has 0 heterocycles. The molecular formula is C38H38F3NO7. The lowest BCUT2D eigenvalue weighted by molar-refractivity contribution is -0.158. The highest BCUT2D eigenvalue weighted by Gasteiger charge is 2.43. The van der Waals surface area contributed by atoms with Crippen molar-refractivity contribution in [1.82, 2.24) is 0 Å². The Balaban J connectivity index is 0.00000154. The van der Waals surface area contributed by atoms with E-state index in [1.165, 1.54) is 12.1 Å². The van der Waals surface area contributed by atoms with E-state index in [4.69, 9.17) is 9.47 Å². The fourth-order valence-electron chi connectivity index (χ4n) is 4.75. The highest BCUT2D eigenvalue weighted by molar-refractivity contribution is 6.11. The summed E-state index contributed by atoms with van der Waals surface area (Å²) in [5.41, 5.74) is -0.143. The van der Waals surface area contributed by atoms with Gasteiger partial charge in [0.25, 0.3) is 5.91 Å². The van der Waals surface area contributed by atoms with Crippen LogP contribution in [0.4, 0.5) is 18.9 Å². The number of hydrogen-bond acceptors (Lipinski definition) is 7. The van der Waals surface area contributed by atoms with Crippen molar-refractivity contribution in [3.8, 4) is 0 Å². The largest absolute Gasteiger partial charge is 0.465 e. The van der Waals surface area contributed by atoms with E-state index in [0.717, 1.165) is 18.7 Å². The normalized spacial score (nSPS) is 13.7. The number of alkyl halides is 3. The summed E-state index contributed by atoms with van der Waals surface area (Å²) in [6, 6.07) is 19.3. The fraction of sp³-hybridized carbons (Fsp3) is 0.263. The predicted molar refractivity (Wildman–Crippen MR) is 179 cm³/mol. The Kier molecular flexibility index (Phi) is 14.3. The van der Waals surface area contributed by atoms with Crippen molar-refractivity contribution in [3.05, 3.63) is 131 Å². The van der Waals surface area contributed by atoms with Crippen molar-refractivity contribution in [2.24, 2.45) is 0 Å². The van der Waals surface area contributed by atoms with Crippen molar-refractivity contribution >= 4 is 35.4 Å². The minimum absolute atomic E-state index is 0.0305. The molecule has 1 aliphatic rings. The van der Waals surface area contributed by atoms with Gasteiger partial charge < -0.3 is 24.3 Å². The summed E-state index contributed by atoms with van der Waals surface area (Å²) >= 11 is 0. The maximum Gasteiger partial charge on any atom is 0.416 e. The molecule has 0 bridgehead atoms. The summed E-state index contributed by atoms with van der Waals surface area (Å²) in [4.78, 5) is 51.2. The Morgan fingerprint density at radius 1 is 0.857 bits per heavy atom. The average molecular weight is 678 g/mol. The second kappa shape index (κ2) is 18.3. The van der Waals surface area contributed by atoms with Crippen LogP contribution in [0, 0.1) is 0 Å². The molecule has 1 aliphatic carbocycles. The number of esters is 2. The lowest BCUT2D eigenvalue weighted by Gasteiger charge is -2.25. The minimum atomic E-state index is -4.48. The van der Waals surface area contributed by atoms with Crippen LogP contribution >= 0.6 is 0 Å². The molecular weight excluding hydrogens is 639 g/mol. The molecule has 8 nitrogen and oxygen atoms in total. The van der Waals surface area contributed by atoms with Crippen molar-refractivity contribution in [2.75, 3.05) is 32.2 Å². The van der Waals surface area contributed by atoms with Gasteiger partial charge in [0.1, 0.15) is 12.9 Å². The summed E-state index contributed by atoms with van der Waals surface area (Å²) in [5.74, 6) is -2.04. The van der Waals surface area contributed by atoms with Crippen molar-refractivity contribution in [1.29, 1.82) is 0 Å². The number of carbonyl (C=O) groups excluding carboxylic acids is 4. The van der Waals surface area contributed by atoms with Gasteiger partial charge in [-0.15, -0.1) is 0 Å². The first kappa shape index (κ1) is 38.2. The highest BCUT2D eigenvalue weighted by atomic mass is 19.4. The van der Waals surface area contributed by atoms with Crippen LogP contribution in [-0.4, -0.2) is 51.1 Å². The second-order valence-corrected chi connectivity index (χ2v) is 10.7. The molecule has 11 heteroatoms. The standard InChI is InChI=1S/C35H30F3NO6.C3H8O/c1-2-44-33(43)34(22-40,26-11-5-3-6-12-26)23-45-31(41)21-24-10-9-13-28(20-24)39-32(42)30-15-8-4-7-14-29(30)25-16-18-27(19-17-25)35(36,37)38;1-3-4-2/h3-13,15-20,22H,2,14,21,23H2,1H3,(H,39,42);3H2,1-2H3. The third kappa shape index (κ3) is 10.6. The number of aldehydes is 1. The fourth-order valence-corrected chi connectivity index (χ4v) is 4.75. The smallest absolute Gasteiger partial charge is 0.416 e. The quantitative estimate of drug-likeness (QED) is 0.124. The number of methoxy groups -OCH3 is 1. The number of amides is 1. The van der Waals surface area contributed by atoms with E-state index in [2.05, 4.69) is 10.1 Å². The number of rotatable bonds is 12. The van der Waals surface area contributed by atoms with Crippen LogP contribution in [0.3, 0.4) is 0 Å². The van der Waals surface area contributed by atoms with E-state index in [9.17, 15) is 32.3 Å². The number of nitrogens with one attached hydrogen (secondary N) is 1. The van der Waals surface area contributed by atoms with Gasteiger partial charge in [-0.25, -0.2) is 0 Å². The van der Waals surface area contributed by atoms with Gasteiger partial charge >= 0.3 is 18.1 Å². The Morgan fingerprint density at radius 3 is 2.16 bits per heavy atom. The molecule has 0 aliphatic heterocycles. The van der Waals surface area contributed by atoms with Crippen LogP contribution < -0.4 is 5.32 Å². The average Bonchev–Trinajstić information content (AvgIpc) is 3.36. The van der Waals surface area contributed by atoms with E-state index < -0.39 is 41.6 Å². The molecule has 1 N–H and O–H groups in total.